The first kappa shape index (κ1) is 27.5. The smallest absolute Gasteiger partial charge is 0.338 e. The Morgan fingerprint density at radius 3 is 2.54 bits per heavy atom. The van der Waals surface area contributed by atoms with Crippen LogP contribution in [0, 0.1) is 38.7 Å². The van der Waals surface area contributed by atoms with Crippen molar-refractivity contribution in [2.75, 3.05) is 6.61 Å². The Morgan fingerprint density at radius 2 is 1.85 bits per heavy atom. The summed E-state index contributed by atoms with van der Waals surface area (Å²) in [7, 11) is 0. The molecule has 0 amide bonds. The number of fused-ring (bicyclic) bond motifs is 5. The summed E-state index contributed by atoms with van der Waals surface area (Å²) in [6, 6.07) is 5.84. The normalized spacial score (nSPS) is 37.1. The van der Waals surface area contributed by atoms with Gasteiger partial charge in [-0.15, -0.1) is 10.1 Å². The number of Topliss-reactive ketones (excluding diaryl/α,β-unsaturated/α-hetero) is 1. The standard InChI is InChI=1S/C29H35NO9/c1-27-11-9-20(31)13-19(27)7-8-21-22-10-12-29(35,28(22,2)14-23(32)25(21)27)24(33)16-38-26(34)18-5-3-17(4-6-18)15-39-30(36)37/h3-6,13,21-23,25,32,35H,7-12,14-16H2,1-2H3/t21-,22-,23-,25+,27+,28-,29-/m0/s1. The minimum absolute atomic E-state index is 0.0282. The molecule has 2 N–H and O–H groups in total. The number of aliphatic hydroxyl groups is 2. The number of esters is 1. The highest BCUT2D eigenvalue weighted by Crippen LogP contribution is 2.67. The van der Waals surface area contributed by atoms with E-state index in [-0.39, 0.29) is 54.0 Å². The minimum atomic E-state index is -1.73. The van der Waals surface area contributed by atoms with Crippen LogP contribution in [0.3, 0.4) is 0 Å². The van der Waals surface area contributed by atoms with Gasteiger partial charge in [-0.1, -0.05) is 31.6 Å². The van der Waals surface area contributed by atoms with E-state index in [0.717, 1.165) is 18.4 Å². The molecule has 0 aliphatic heterocycles. The van der Waals surface area contributed by atoms with E-state index in [4.69, 9.17) is 4.74 Å². The number of nitrogens with zero attached hydrogens (tertiary/aromatic N) is 1. The molecule has 0 heterocycles. The highest BCUT2D eigenvalue weighted by atomic mass is 16.9. The fraction of sp³-hybridized carbons (Fsp3) is 0.621. The molecule has 4 aliphatic carbocycles. The number of rotatable bonds is 7. The van der Waals surface area contributed by atoms with Gasteiger partial charge in [0, 0.05) is 11.8 Å². The molecule has 10 heteroatoms. The van der Waals surface area contributed by atoms with Gasteiger partial charge in [0.2, 0.25) is 5.78 Å². The zero-order chi connectivity index (χ0) is 28.2. The Hall–Kier alpha value is -3.11. The Bertz CT molecular complexity index is 1230. The molecule has 39 heavy (non-hydrogen) atoms. The number of carbonyl (C=O) groups excluding carboxylic acids is 3. The van der Waals surface area contributed by atoms with Crippen molar-refractivity contribution in [2.45, 2.75) is 77.1 Å². The van der Waals surface area contributed by atoms with Gasteiger partial charge in [-0.25, -0.2) is 4.79 Å². The molecule has 0 aromatic heterocycles. The van der Waals surface area contributed by atoms with Gasteiger partial charge in [-0.05, 0) is 85.5 Å². The highest BCUT2D eigenvalue weighted by Gasteiger charge is 2.68. The van der Waals surface area contributed by atoms with E-state index >= 15 is 0 Å². The first-order valence-electron chi connectivity index (χ1n) is 13.6. The predicted octanol–water partition coefficient (Wildman–Crippen LogP) is 3.35. The van der Waals surface area contributed by atoms with Crippen molar-refractivity contribution in [1.82, 2.24) is 0 Å². The quantitative estimate of drug-likeness (QED) is 0.300. The second-order valence-corrected chi connectivity index (χ2v) is 12.2. The van der Waals surface area contributed by atoms with E-state index < -0.39 is 40.6 Å². The van der Waals surface area contributed by atoms with Gasteiger partial charge in [0.15, 0.2) is 12.4 Å². The summed E-state index contributed by atoms with van der Waals surface area (Å²) in [5, 5.41) is 32.7. The SMILES string of the molecule is C[C@]12C[C@H](O)[C@H]3[C@@H](CCC4=CC(=O)CC[C@]43C)[C@@H]1CC[C@]2(O)C(=O)COC(=O)c1ccc(CO[N+](=O)[O-])cc1. The van der Waals surface area contributed by atoms with Crippen LogP contribution in [0.15, 0.2) is 35.9 Å². The van der Waals surface area contributed by atoms with Gasteiger partial charge in [0.05, 0.1) is 11.7 Å². The molecule has 4 aliphatic rings. The molecule has 10 nitrogen and oxygen atoms in total. The fourth-order valence-electron chi connectivity index (χ4n) is 8.35. The van der Waals surface area contributed by atoms with Crippen molar-refractivity contribution in [1.29, 1.82) is 0 Å². The summed E-state index contributed by atoms with van der Waals surface area (Å²) in [4.78, 5) is 52.7. The lowest BCUT2D eigenvalue weighted by Crippen LogP contribution is -2.62. The summed E-state index contributed by atoms with van der Waals surface area (Å²) in [6.07, 6.45) is 4.96. The number of allylic oxidation sites excluding steroid dienone is 1. The summed E-state index contributed by atoms with van der Waals surface area (Å²) in [6.45, 7) is 3.19. The third-order valence-corrected chi connectivity index (χ3v) is 10.4. The lowest BCUT2D eigenvalue weighted by molar-refractivity contribution is -0.763. The zero-order valence-corrected chi connectivity index (χ0v) is 22.3. The van der Waals surface area contributed by atoms with Crippen LogP contribution in [-0.2, 0) is 25.8 Å². The van der Waals surface area contributed by atoms with Gasteiger partial charge >= 0.3 is 5.97 Å². The molecule has 5 rings (SSSR count). The number of ether oxygens (including phenoxy) is 1. The largest absolute Gasteiger partial charge is 0.454 e. The first-order valence-corrected chi connectivity index (χ1v) is 13.6. The molecule has 3 fully saturated rings. The van der Waals surface area contributed by atoms with Crippen LogP contribution in [-0.4, -0.2) is 51.1 Å². The second-order valence-electron chi connectivity index (χ2n) is 12.2. The van der Waals surface area contributed by atoms with Gasteiger partial charge in [-0.2, -0.15) is 0 Å². The summed E-state index contributed by atoms with van der Waals surface area (Å²) >= 11 is 0. The summed E-state index contributed by atoms with van der Waals surface area (Å²) in [5.74, 6) is -1.06. The Labute approximate surface area is 226 Å². The molecule has 0 radical (unpaired) electrons. The van der Waals surface area contributed by atoms with E-state index in [1.165, 1.54) is 24.3 Å². The molecule has 0 saturated heterocycles. The zero-order valence-electron chi connectivity index (χ0n) is 22.3. The van der Waals surface area contributed by atoms with Crippen molar-refractivity contribution in [2.24, 2.45) is 28.6 Å². The monoisotopic (exact) mass is 541 g/mol. The molecule has 3 saturated carbocycles. The van der Waals surface area contributed by atoms with Crippen LogP contribution < -0.4 is 0 Å². The Kier molecular flexibility index (Phi) is 6.91. The van der Waals surface area contributed by atoms with Crippen molar-refractivity contribution < 1.29 is 39.3 Å². The fourth-order valence-corrected chi connectivity index (χ4v) is 8.35. The number of carbonyl (C=O) groups is 3. The Balaban J connectivity index is 1.28. The average Bonchev–Trinajstić information content (AvgIpc) is 3.17. The third-order valence-electron chi connectivity index (χ3n) is 10.4. The predicted molar refractivity (Wildman–Crippen MR) is 137 cm³/mol. The molecule has 0 bridgehead atoms. The van der Waals surface area contributed by atoms with Gasteiger partial charge < -0.3 is 19.8 Å². The topological polar surface area (TPSA) is 153 Å². The van der Waals surface area contributed by atoms with Gasteiger partial charge in [-0.3, -0.25) is 9.59 Å². The lowest BCUT2D eigenvalue weighted by Gasteiger charge is -2.60. The van der Waals surface area contributed by atoms with Gasteiger partial charge in [0.1, 0.15) is 12.2 Å². The molecule has 7 atom stereocenters. The van der Waals surface area contributed by atoms with E-state index in [2.05, 4.69) is 11.8 Å². The molecule has 1 aromatic carbocycles. The van der Waals surface area contributed by atoms with Crippen LogP contribution in [0.4, 0.5) is 0 Å². The summed E-state index contributed by atoms with van der Waals surface area (Å²) in [5.41, 5.74) is -1.08. The van der Waals surface area contributed by atoms with E-state index in [1.54, 1.807) is 6.08 Å². The Morgan fingerprint density at radius 1 is 1.13 bits per heavy atom. The molecular formula is C29H35NO9. The second kappa shape index (κ2) is 9.82. The van der Waals surface area contributed by atoms with Crippen molar-refractivity contribution in [3.05, 3.63) is 57.2 Å². The number of ketones is 2. The minimum Gasteiger partial charge on any atom is -0.454 e. The molecule has 1 aromatic rings. The van der Waals surface area contributed by atoms with Crippen molar-refractivity contribution >= 4 is 17.5 Å². The van der Waals surface area contributed by atoms with Crippen LogP contribution in [0.25, 0.3) is 0 Å². The van der Waals surface area contributed by atoms with E-state index in [0.29, 0.717) is 24.8 Å². The molecule has 0 unspecified atom stereocenters. The van der Waals surface area contributed by atoms with Gasteiger partial charge in [0.25, 0.3) is 5.09 Å². The maximum atomic E-state index is 13.4. The van der Waals surface area contributed by atoms with E-state index in [9.17, 15) is 34.7 Å². The van der Waals surface area contributed by atoms with Crippen LogP contribution in [0.1, 0.15) is 74.7 Å². The number of aliphatic hydroxyl groups excluding tert-OH is 1. The number of hydrogen-bond acceptors (Lipinski definition) is 9. The lowest BCUT2D eigenvalue weighted by atomic mass is 9.45. The molecule has 210 valence electrons. The van der Waals surface area contributed by atoms with Crippen LogP contribution in [0.2, 0.25) is 0 Å². The first-order chi connectivity index (χ1) is 18.4. The maximum Gasteiger partial charge on any atom is 0.338 e. The van der Waals surface area contributed by atoms with Crippen LogP contribution >= 0.6 is 0 Å². The summed E-state index contributed by atoms with van der Waals surface area (Å²) < 4.78 is 5.27. The van der Waals surface area contributed by atoms with Crippen LogP contribution in [0.5, 0.6) is 0 Å². The third kappa shape index (κ3) is 4.47. The molecular weight excluding hydrogens is 506 g/mol. The van der Waals surface area contributed by atoms with Crippen molar-refractivity contribution in [3.63, 3.8) is 0 Å². The average molecular weight is 542 g/mol. The van der Waals surface area contributed by atoms with Crippen molar-refractivity contribution in [3.8, 4) is 0 Å². The molecule has 0 spiro atoms. The number of benzene rings is 1. The number of hydrogen-bond donors (Lipinski definition) is 2. The highest BCUT2D eigenvalue weighted by molar-refractivity contribution is 5.94. The van der Waals surface area contributed by atoms with E-state index in [1.807, 2.05) is 6.92 Å². The maximum absolute atomic E-state index is 13.4.